The highest BCUT2D eigenvalue weighted by Gasteiger charge is 2.15. The van der Waals surface area contributed by atoms with E-state index in [1.807, 2.05) is 43.4 Å². The van der Waals surface area contributed by atoms with Gasteiger partial charge in [-0.1, -0.05) is 48.6 Å². The van der Waals surface area contributed by atoms with Crippen LogP contribution in [0.15, 0.2) is 60.2 Å². The van der Waals surface area contributed by atoms with E-state index < -0.39 is 0 Å². The number of methoxy groups -OCH3 is 1. The molecule has 0 saturated heterocycles. The van der Waals surface area contributed by atoms with Crippen LogP contribution in [0.1, 0.15) is 31.9 Å². The van der Waals surface area contributed by atoms with Gasteiger partial charge < -0.3 is 10.1 Å². The molecule has 1 N–H and O–H groups in total. The molecule has 0 saturated carbocycles. The molecule has 0 heterocycles. The minimum atomic E-state index is 0.759. The third-order valence-electron chi connectivity index (χ3n) is 4.01. The molecule has 0 fully saturated rings. The Kier molecular flexibility index (Phi) is 5.53. The zero-order valence-electron chi connectivity index (χ0n) is 14.2. The molecule has 0 aromatic heterocycles. The summed E-state index contributed by atoms with van der Waals surface area (Å²) in [5.41, 5.74) is 4.19. The molecular weight excluding hydrogens is 282 g/mol. The van der Waals surface area contributed by atoms with E-state index in [4.69, 9.17) is 10.1 Å². The summed E-state index contributed by atoms with van der Waals surface area (Å²) in [4.78, 5) is 0. The van der Waals surface area contributed by atoms with Crippen molar-refractivity contribution in [1.29, 1.82) is 5.41 Å². The van der Waals surface area contributed by atoms with Gasteiger partial charge in [-0.3, -0.25) is 0 Å². The van der Waals surface area contributed by atoms with E-state index in [1.165, 1.54) is 11.8 Å². The summed E-state index contributed by atoms with van der Waals surface area (Å²) in [6.45, 7) is 6.20. The van der Waals surface area contributed by atoms with Gasteiger partial charge in [0.25, 0.3) is 0 Å². The predicted octanol–water partition coefficient (Wildman–Crippen LogP) is 5.77. The Morgan fingerprint density at radius 2 is 1.87 bits per heavy atom. The van der Waals surface area contributed by atoms with E-state index in [0.29, 0.717) is 0 Å². The SMILES string of the molecule is C\C=C/C=C\C(C)=C(\C)c1c(OC)c(C=N)cc2ccccc12. The fraction of sp³-hybridized carbons (Fsp3) is 0.190. The first-order chi connectivity index (χ1) is 11.1. The van der Waals surface area contributed by atoms with E-state index in [9.17, 15) is 0 Å². The van der Waals surface area contributed by atoms with Crippen LogP contribution in [0, 0.1) is 5.41 Å². The quantitative estimate of drug-likeness (QED) is 0.552. The highest BCUT2D eigenvalue weighted by molar-refractivity contribution is 6.02. The molecule has 0 unspecified atom stereocenters. The zero-order valence-corrected chi connectivity index (χ0v) is 14.2. The van der Waals surface area contributed by atoms with Crippen LogP contribution < -0.4 is 4.74 Å². The smallest absolute Gasteiger partial charge is 0.135 e. The molecule has 0 spiro atoms. The van der Waals surface area contributed by atoms with Gasteiger partial charge in [0, 0.05) is 17.3 Å². The van der Waals surface area contributed by atoms with E-state index in [1.54, 1.807) is 7.11 Å². The zero-order chi connectivity index (χ0) is 16.8. The Morgan fingerprint density at radius 1 is 1.13 bits per heavy atom. The van der Waals surface area contributed by atoms with Crippen molar-refractivity contribution in [2.45, 2.75) is 20.8 Å². The van der Waals surface area contributed by atoms with Crippen LogP contribution in [0.25, 0.3) is 16.3 Å². The van der Waals surface area contributed by atoms with Crippen LogP contribution in [0.2, 0.25) is 0 Å². The summed E-state index contributed by atoms with van der Waals surface area (Å²) in [7, 11) is 1.67. The van der Waals surface area contributed by atoms with Crippen molar-refractivity contribution >= 4 is 22.6 Å². The van der Waals surface area contributed by atoms with Gasteiger partial charge in [-0.25, -0.2) is 0 Å². The molecule has 0 aliphatic carbocycles. The summed E-state index contributed by atoms with van der Waals surface area (Å²) in [6, 6.07) is 10.2. The maximum absolute atomic E-state index is 7.70. The topological polar surface area (TPSA) is 33.1 Å². The maximum atomic E-state index is 7.70. The Bertz CT molecular complexity index is 810. The second-order valence-corrected chi connectivity index (χ2v) is 5.43. The van der Waals surface area contributed by atoms with Gasteiger partial charge in [0.1, 0.15) is 5.75 Å². The number of ether oxygens (including phenoxy) is 1. The largest absolute Gasteiger partial charge is 0.495 e. The minimum Gasteiger partial charge on any atom is -0.495 e. The van der Waals surface area contributed by atoms with E-state index >= 15 is 0 Å². The number of benzene rings is 2. The van der Waals surface area contributed by atoms with Gasteiger partial charge in [0.05, 0.1) is 7.11 Å². The first kappa shape index (κ1) is 16.8. The molecule has 2 aromatic rings. The van der Waals surface area contributed by atoms with Crippen molar-refractivity contribution < 1.29 is 4.74 Å². The van der Waals surface area contributed by atoms with E-state index in [2.05, 4.69) is 32.1 Å². The van der Waals surface area contributed by atoms with Crippen LogP contribution in [0.4, 0.5) is 0 Å². The Morgan fingerprint density at radius 3 is 2.52 bits per heavy atom. The third-order valence-corrected chi connectivity index (χ3v) is 4.01. The monoisotopic (exact) mass is 305 g/mol. The molecular formula is C21H23NO. The molecule has 2 heteroatoms. The highest BCUT2D eigenvalue weighted by Crippen LogP contribution is 2.37. The van der Waals surface area contributed by atoms with Gasteiger partial charge >= 0.3 is 0 Å². The first-order valence-electron chi connectivity index (χ1n) is 7.71. The predicted molar refractivity (Wildman–Crippen MR) is 101 cm³/mol. The molecule has 0 aliphatic heterocycles. The summed E-state index contributed by atoms with van der Waals surface area (Å²) >= 11 is 0. The van der Waals surface area contributed by atoms with Gasteiger partial charge in [-0.05, 0) is 48.8 Å². The van der Waals surface area contributed by atoms with Crippen molar-refractivity contribution in [3.05, 3.63) is 71.3 Å². The number of fused-ring (bicyclic) bond motifs is 1. The van der Waals surface area contributed by atoms with Crippen LogP contribution in [-0.2, 0) is 0 Å². The number of nitrogens with one attached hydrogen (secondary N) is 1. The van der Waals surface area contributed by atoms with Gasteiger partial charge in [0.15, 0.2) is 0 Å². The molecule has 23 heavy (non-hydrogen) atoms. The van der Waals surface area contributed by atoms with Gasteiger partial charge in [-0.2, -0.15) is 0 Å². The van der Waals surface area contributed by atoms with Crippen LogP contribution in [-0.4, -0.2) is 13.3 Å². The molecule has 0 bridgehead atoms. The van der Waals surface area contributed by atoms with Crippen molar-refractivity contribution in [2.24, 2.45) is 0 Å². The van der Waals surface area contributed by atoms with Crippen molar-refractivity contribution in [2.75, 3.05) is 7.11 Å². The second-order valence-electron chi connectivity index (χ2n) is 5.43. The highest BCUT2D eigenvalue weighted by atomic mass is 16.5. The fourth-order valence-corrected chi connectivity index (χ4v) is 2.68. The Labute approximate surface area is 138 Å². The lowest BCUT2D eigenvalue weighted by atomic mass is 9.92. The first-order valence-corrected chi connectivity index (χ1v) is 7.71. The molecule has 0 radical (unpaired) electrons. The number of allylic oxidation sites excluding steroid dienone is 6. The molecule has 0 aliphatic rings. The van der Waals surface area contributed by atoms with Gasteiger partial charge in [0.2, 0.25) is 0 Å². The van der Waals surface area contributed by atoms with E-state index in [-0.39, 0.29) is 0 Å². The lowest BCUT2D eigenvalue weighted by molar-refractivity contribution is 0.413. The molecule has 2 rings (SSSR count). The molecule has 0 atom stereocenters. The lowest BCUT2D eigenvalue weighted by Gasteiger charge is -2.16. The third kappa shape index (κ3) is 3.42. The molecule has 0 amide bonds. The molecule has 2 aromatic carbocycles. The summed E-state index contributed by atoms with van der Waals surface area (Å²) in [5.74, 6) is 0.759. The average molecular weight is 305 g/mol. The Hall–Kier alpha value is -2.61. The van der Waals surface area contributed by atoms with Crippen LogP contribution in [0.5, 0.6) is 5.75 Å². The fourth-order valence-electron chi connectivity index (χ4n) is 2.68. The van der Waals surface area contributed by atoms with Crippen molar-refractivity contribution in [1.82, 2.24) is 0 Å². The summed E-state index contributed by atoms with van der Waals surface area (Å²) < 4.78 is 5.65. The normalized spacial score (nSPS) is 12.9. The van der Waals surface area contributed by atoms with Crippen LogP contribution >= 0.6 is 0 Å². The lowest BCUT2D eigenvalue weighted by Crippen LogP contribution is -1.98. The van der Waals surface area contributed by atoms with Gasteiger partial charge in [-0.15, -0.1) is 0 Å². The van der Waals surface area contributed by atoms with Crippen molar-refractivity contribution in [3.8, 4) is 5.75 Å². The van der Waals surface area contributed by atoms with Crippen molar-refractivity contribution in [3.63, 3.8) is 0 Å². The molecule has 2 nitrogen and oxygen atoms in total. The second kappa shape index (κ2) is 7.59. The molecule has 118 valence electrons. The van der Waals surface area contributed by atoms with Crippen LogP contribution in [0.3, 0.4) is 0 Å². The summed E-state index contributed by atoms with van der Waals surface area (Å²) in [5, 5.41) is 9.96. The number of hydrogen-bond acceptors (Lipinski definition) is 2. The minimum absolute atomic E-state index is 0.759. The standard InChI is InChI=1S/C21H23NO/c1-5-6-7-10-15(2)16(3)20-19-12-9-8-11-17(19)13-18(14-22)21(20)23-4/h5-14,22H,1-4H3/b6-5-,10-7-,16-15-,22-14?. The summed E-state index contributed by atoms with van der Waals surface area (Å²) in [6.07, 6.45) is 9.51. The Balaban J connectivity index is 2.80. The number of rotatable bonds is 5. The number of hydrogen-bond donors (Lipinski definition) is 1. The van der Waals surface area contributed by atoms with E-state index in [0.717, 1.165) is 33.2 Å². The maximum Gasteiger partial charge on any atom is 0.135 e. The average Bonchev–Trinajstić information content (AvgIpc) is 2.59.